The molecule has 0 radical (unpaired) electrons. The van der Waals surface area contributed by atoms with Gasteiger partial charge in [-0.2, -0.15) is 5.10 Å². The minimum atomic E-state index is -3.20. The van der Waals surface area contributed by atoms with Crippen molar-refractivity contribution in [2.75, 3.05) is 13.3 Å². The topological polar surface area (TPSA) is 84.3 Å². The zero-order valence-electron chi connectivity index (χ0n) is 13.4. The van der Waals surface area contributed by atoms with E-state index in [1.54, 1.807) is 35.0 Å². The summed E-state index contributed by atoms with van der Waals surface area (Å²) in [6.07, 6.45) is 4.73. The van der Waals surface area contributed by atoms with Crippen molar-refractivity contribution >= 4 is 15.9 Å². The Labute approximate surface area is 135 Å². The zero-order valence-corrected chi connectivity index (χ0v) is 14.2. The molecule has 124 valence electrons. The second kappa shape index (κ2) is 6.82. The van der Waals surface area contributed by atoms with Gasteiger partial charge in [-0.15, -0.1) is 0 Å². The van der Waals surface area contributed by atoms with Crippen LogP contribution in [0.15, 0.2) is 41.6 Å². The smallest absolute Gasteiger partial charge is 0.317 e. The van der Waals surface area contributed by atoms with E-state index < -0.39 is 9.84 Å². The molecule has 0 aliphatic carbocycles. The molecule has 1 N–H and O–H groups in total. The number of rotatable bonds is 5. The number of carbonyl (C=O) groups is 1. The molecular formula is C15H20N4O3S. The maximum absolute atomic E-state index is 12.0. The van der Waals surface area contributed by atoms with Crippen molar-refractivity contribution < 1.29 is 13.2 Å². The number of amides is 2. The average molecular weight is 336 g/mol. The number of benzene rings is 1. The molecule has 2 aromatic rings. The zero-order chi connectivity index (χ0) is 17.0. The van der Waals surface area contributed by atoms with Crippen LogP contribution in [-0.4, -0.2) is 42.4 Å². The fourth-order valence-corrected chi connectivity index (χ4v) is 2.70. The van der Waals surface area contributed by atoms with E-state index >= 15 is 0 Å². The average Bonchev–Trinajstić information content (AvgIpc) is 2.89. The lowest BCUT2D eigenvalue weighted by molar-refractivity contribution is 0.206. The summed E-state index contributed by atoms with van der Waals surface area (Å²) in [5.74, 6) is 0. The van der Waals surface area contributed by atoms with Crippen LogP contribution < -0.4 is 5.32 Å². The number of carbonyl (C=O) groups excluding carboxylic acids is 1. The fourth-order valence-electron chi connectivity index (χ4n) is 2.07. The van der Waals surface area contributed by atoms with Gasteiger partial charge in [0.15, 0.2) is 9.84 Å². The van der Waals surface area contributed by atoms with Crippen LogP contribution in [0.4, 0.5) is 4.79 Å². The van der Waals surface area contributed by atoms with Crippen LogP contribution in [0.5, 0.6) is 0 Å². The molecule has 2 rings (SSSR count). The standard InChI is InChI=1S/C15H20N4O3S/c1-18(10-13-9-17-19(2)11-13)15(20)16-8-12-4-6-14(7-5-12)23(3,21)22/h4-7,9,11H,8,10H2,1-3H3,(H,16,20). The number of sulfone groups is 1. The Balaban J connectivity index is 1.88. The Morgan fingerprint density at radius 1 is 1.26 bits per heavy atom. The number of aromatic nitrogens is 2. The van der Waals surface area contributed by atoms with Gasteiger partial charge in [0.05, 0.1) is 17.6 Å². The number of aryl methyl sites for hydroxylation is 1. The van der Waals surface area contributed by atoms with E-state index in [0.29, 0.717) is 13.1 Å². The van der Waals surface area contributed by atoms with E-state index in [-0.39, 0.29) is 10.9 Å². The van der Waals surface area contributed by atoms with E-state index in [2.05, 4.69) is 10.4 Å². The largest absolute Gasteiger partial charge is 0.334 e. The second-order valence-electron chi connectivity index (χ2n) is 5.45. The first kappa shape index (κ1) is 17.0. The van der Waals surface area contributed by atoms with E-state index in [9.17, 15) is 13.2 Å². The van der Waals surface area contributed by atoms with Gasteiger partial charge in [0.1, 0.15) is 0 Å². The van der Waals surface area contributed by atoms with E-state index in [0.717, 1.165) is 17.4 Å². The van der Waals surface area contributed by atoms with Crippen LogP contribution in [-0.2, 0) is 30.0 Å². The highest BCUT2D eigenvalue weighted by Crippen LogP contribution is 2.10. The number of urea groups is 1. The molecule has 0 spiro atoms. The monoisotopic (exact) mass is 336 g/mol. The highest BCUT2D eigenvalue weighted by Gasteiger charge is 2.10. The molecule has 0 aliphatic heterocycles. The Kier molecular flexibility index (Phi) is 5.05. The summed E-state index contributed by atoms with van der Waals surface area (Å²) in [6, 6.07) is 6.25. The molecule has 8 heteroatoms. The van der Waals surface area contributed by atoms with Crippen molar-refractivity contribution in [2.45, 2.75) is 18.0 Å². The van der Waals surface area contributed by atoms with Crippen molar-refractivity contribution in [3.63, 3.8) is 0 Å². The Hall–Kier alpha value is -2.35. The molecule has 2 amide bonds. The van der Waals surface area contributed by atoms with Crippen LogP contribution >= 0.6 is 0 Å². The van der Waals surface area contributed by atoms with Crippen LogP contribution in [0, 0.1) is 0 Å². The van der Waals surface area contributed by atoms with Gasteiger partial charge in [-0.3, -0.25) is 4.68 Å². The molecule has 1 aromatic heterocycles. The van der Waals surface area contributed by atoms with Crippen LogP contribution in [0.3, 0.4) is 0 Å². The lowest BCUT2D eigenvalue weighted by Gasteiger charge is -2.17. The summed E-state index contributed by atoms with van der Waals surface area (Å²) >= 11 is 0. The highest BCUT2D eigenvalue weighted by molar-refractivity contribution is 7.90. The van der Waals surface area contributed by atoms with E-state index in [4.69, 9.17) is 0 Å². The number of hydrogen-bond donors (Lipinski definition) is 1. The first-order chi connectivity index (χ1) is 10.8. The van der Waals surface area contributed by atoms with Gasteiger partial charge in [0.25, 0.3) is 0 Å². The summed E-state index contributed by atoms with van der Waals surface area (Å²) in [7, 11) is 0.326. The van der Waals surface area contributed by atoms with Gasteiger partial charge in [-0.05, 0) is 17.7 Å². The molecule has 0 atom stereocenters. The SMILES string of the molecule is CN(Cc1cnn(C)c1)C(=O)NCc1ccc(S(C)(=O)=O)cc1. The maximum Gasteiger partial charge on any atom is 0.317 e. The Bertz CT molecular complexity index is 781. The second-order valence-corrected chi connectivity index (χ2v) is 7.47. The lowest BCUT2D eigenvalue weighted by Crippen LogP contribution is -2.36. The Morgan fingerprint density at radius 2 is 1.91 bits per heavy atom. The van der Waals surface area contributed by atoms with Crippen molar-refractivity contribution in [3.8, 4) is 0 Å². The molecule has 23 heavy (non-hydrogen) atoms. The molecular weight excluding hydrogens is 316 g/mol. The summed E-state index contributed by atoms with van der Waals surface area (Å²) in [5, 5.41) is 6.85. The number of nitrogens with zero attached hydrogens (tertiary/aromatic N) is 3. The van der Waals surface area contributed by atoms with Crippen molar-refractivity contribution in [2.24, 2.45) is 7.05 Å². The summed E-state index contributed by atoms with van der Waals surface area (Å²) in [4.78, 5) is 13.9. The predicted molar refractivity (Wildman–Crippen MR) is 86.5 cm³/mol. The van der Waals surface area contributed by atoms with Gasteiger partial charge in [-0.1, -0.05) is 12.1 Å². The third kappa shape index (κ3) is 4.82. The lowest BCUT2D eigenvalue weighted by atomic mass is 10.2. The number of nitrogens with one attached hydrogen (secondary N) is 1. The summed E-state index contributed by atoms with van der Waals surface area (Å²) in [6.45, 7) is 0.799. The van der Waals surface area contributed by atoms with Crippen molar-refractivity contribution in [1.82, 2.24) is 20.0 Å². The van der Waals surface area contributed by atoms with Gasteiger partial charge in [0.2, 0.25) is 0 Å². The first-order valence-electron chi connectivity index (χ1n) is 7.01. The van der Waals surface area contributed by atoms with Crippen LogP contribution in [0.25, 0.3) is 0 Å². The highest BCUT2D eigenvalue weighted by atomic mass is 32.2. The van der Waals surface area contributed by atoms with Crippen molar-refractivity contribution in [3.05, 3.63) is 47.8 Å². The van der Waals surface area contributed by atoms with Crippen LogP contribution in [0.2, 0.25) is 0 Å². The van der Waals surface area contributed by atoms with E-state index in [1.807, 2.05) is 13.2 Å². The fraction of sp³-hybridized carbons (Fsp3) is 0.333. The molecule has 0 unspecified atom stereocenters. The first-order valence-corrected chi connectivity index (χ1v) is 8.90. The number of hydrogen-bond acceptors (Lipinski definition) is 4. The van der Waals surface area contributed by atoms with Gasteiger partial charge >= 0.3 is 6.03 Å². The molecule has 0 aliphatic rings. The van der Waals surface area contributed by atoms with Gasteiger partial charge < -0.3 is 10.2 Å². The minimum Gasteiger partial charge on any atom is -0.334 e. The Morgan fingerprint density at radius 3 is 2.43 bits per heavy atom. The third-order valence-corrected chi connectivity index (χ3v) is 4.45. The van der Waals surface area contributed by atoms with Crippen molar-refractivity contribution in [1.29, 1.82) is 0 Å². The maximum atomic E-state index is 12.0. The normalized spacial score (nSPS) is 11.3. The van der Waals surface area contributed by atoms with E-state index in [1.165, 1.54) is 12.1 Å². The van der Waals surface area contributed by atoms with Gasteiger partial charge in [-0.25, -0.2) is 13.2 Å². The molecule has 0 bridgehead atoms. The predicted octanol–water partition coefficient (Wildman–Crippen LogP) is 1.17. The molecule has 0 saturated carbocycles. The summed E-state index contributed by atoms with van der Waals surface area (Å²) in [5.41, 5.74) is 1.78. The molecule has 1 heterocycles. The molecule has 7 nitrogen and oxygen atoms in total. The summed E-state index contributed by atoms with van der Waals surface area (Å²) < 4.78 is 24.5. The molecule has 0 fully saturated rings. The molecule has 1 aromatic carbocycles. The third-order valence-electron chi connectivity index (χ3n) is 3.32. The minimum absolute atomic E-state index is 0.207. The quantitative estimate of drug-likeness (QED) is 0.888. The molecule has 0 saturated heterocycles. The van der Waals surface area contributed by atoms with Crippen LogP contribution in [0.1, 0.15) is 11.1 Å². The van der Waals surface area contributed by atoms with Gasteiger partial charge in [0, 0.05) is 38.7 Å².